The topological polar surface area (TPSA) is 60.1 Å². The van der Waals surface area contributed by atoms with Crippen LogP contribution in [0.3, 0.4) is 0 Å². The van der Waals surface area contributed by atoms with Gasteiger partial charge in [-0.05, 0) is 54.3 Å². The highest BCUT2D eigenvalue weighted by Gasteiger charge is 2.43. The molecule has 2 aliphatic rings. The van der Waals surface area contributed by atoms with Gasteiger partial charge in [0.2, 0.25) is 0 Å². The fraction of sp³-hybridized carbons (Fsp3) is 0.300. The van der Waals surface area contributed by atoms with Crippen LogP contribution in [0.2, 0.25) is 0 Å². The number of pyridine rings is 1. The van der Waals surface area contributed by atoms with E-state index in [9.17, 15) is 4.79 Å². The van der Waals surface area contributed by atoms with Crippen LogP contribution in [0, 0.1) is 12.8 Å². The predicted molar refractivity (Wildman–Crippen MR) is 102 cm³/mol. The number of rotatable bonds is 2. The smallest absolute Gasteiger partial charge is 0.161 e. The first-order valence-corrected chi connectivity index (χ1v) is 9.81. The first-order chi connectivity index (χ1) is 12.7. The summed E-state index contributed by atoms with van der Waals surface area (Å²) >= 11 is 1.67. The molecule has 1 saturated carbocycles. The highest BCUT2D eigenvalue weighted by molar-refractivity contribution is 7.08. The molecule has 0 spiro atoms. The van der Waals surface area contributed by atoms with E-state index >= 15 is 0 Å². The van der Waals surface area contributed by atoms with Gasteiger partial charge in [-0.25, -0.2) is 9.98 Å². The number of aliphatic imine (C=N–C) groups is 1. The van der Waals surface area contributed by atoms with Gasteiger partial charge in [0.1, 0.15) is 5.78 Å². The van der Waals surface area contributed by atoms with Gasteiger partial charge < -0.3 is 0 Å². The molecule has 3 aromatic heterocycles. The summed E-state index contributed by atoms with van der Waals surface area (Å²) in [7, 11) is 0. The molecule has 4 heterocycles. The zero-order valence-corrected chi connectivity index (χ0v) is 15.2. The van der Waals surface area contributed by atoms with Crippen LogP contribution < -0.4 is 0 Å². The molecule has 0 radical (unpaired) electrons. The van der Waals surface area contributed by atoms with Gasteiger partial charge in [0, 0.05) is 29.8 Å². The first kappa shape index (κ1) is 15.6. The minimum absolute atomic E-state index is 0.00834. The maximum absolute atomic E-state index is 12.8. The van der Waals surface area contributed by atoms with E-state index in [1.807, 2.05) is 29.8 Å². The average Bonchev–Trinajstić information content (AvgIpc) is 3.30. The van der Waals surface area contributed by atoms with Crippen LogP contribution in [0.15, 0.2) is 46.2 Å². The lowest BCUT2D eigenvalue weighted by atomic mass is 9.70. The lowest BCUT2D eigenvalue weighted by molar-refractivity contribution is -0.121. The Morgan fingerprint density at radius 2 is 2.12 bits per heavy atom. The van der Waals surface area contributed by atoms with E-state index in [0.29, 0.717) is 12.2 Å². The van der Waals surface area contributed by atoms with Gasteiger partial charge in [0.15, 0.2) is 11.6 Å². The lowest BCUT2D eigenvalue weighted by Gasteiger charge is -2.33. The Morgan fingerprint density at radius 3 is 2.88 bits per heavy atom. The van der Waals surface area contributed by atoms with E-state index in [1.165, 1.54) is 5.56 Å². The van der Waals surface area contributed by atoms with Crippen LogP contribution in [0.4, 0.5) is 5.82 Å². The Bertz CT molecular complexity index is 1000. The number of aromatic nitrogens is 3. The molecule has 5 nitrogen and oxygen atoms in total. The van der Waals surface area contributed by atoms with E-state index in [2.05, 4.69) is 21.8 Å². The molecule has 0 saturated heterocycles. The second-order valence-electron chi connectivity index (χ2n) is 6.86. The standard InChI is InChI=1S/C20H18N4OS/c1-12-17-18(13-8-10-26-11-13)19-14(5-4-6-15(19)25)22-20(17)24(23-12)16-7-2-3-9-21-16/h2-3,7-11,18-19H,4-6H2,1H3. The first-order valence-electron chi connectivity index (χ1n) is 8.87. The summed E-state index contributed by atoms with van der Waals surface area (Å²) in [5, 5.41) is 8.97. The molecule has 2 unspecified atom stereocenters. The quantitative estimate of drug-likeness (QED) is 0.685. The van der Waals surface area contributed by atoms with Crippen molar-refractivity contribution in [1.82, 2.24) is 14.8 Å². The van der Waals surface area contributed by atoms with Crippen LogP contribution in [0.25, 0.3) is 5.82 Å². The van der Waals surface area contributed by atoms with Crippen molar-refractivity contribution in [3.63, 3.8) is 0 Å². The Labute approximate surface area is 155 Å². The number of carbonyl (C=O) groups excluding carboxylic acids is 1. The minimum Gasteiger partial charge on any atom is -0.299 e. The van der Waals surface area contributed by atoms with Crippen molar-refractivity contribution in [2.45, 2.75) is 32.1 Å². The summed E-state index contributed by atoms with van der Waals surface area (Å²) < 4.78 is 1.83. The summed E-state index contributed by atoms with van der Waals surface area (Å²) in [6, 6.07) is 7.90. The van der Waals surface area contributed by atoms with Gasteiger partial charge in [0.25, 0.3) is 0 Å². The number of hydrogen-bond acceptors (Lipinski definition) is 5. The van der Waals surface area contributed by atoms with Crippen molar-refractivity contribution in [1.29, 1.82) is 0 Å². The van der Waals surface area contributed by atoms with E-state index in [1.54, 1.807) is 17.5 Å². The van der Waals surface area contributed by atoms with Gasteiger partial charge in [-0.1, -0.05) is 6.07 Å². The normalized spacial score (nSPS) is 21.9. The molecule has 0 amide bonds. The van der Waals surface area contributed by atoms with Crippen molar-refractivity contribution in [2.24, 2.45) is 10.9 Å². The Morgan fingerprint density at radius 1 is 1.19 bits per heavy atom. The summed E-state index contributed by atoms with van der Waals surface area (Å²) in [6.07, 6.45) is 4.17. The average molecular weight is 362 g/mol. The monoisotopic (exact) mass is 362 g/mol. The van der Waals surface area contributed by atoms with Gasteiger partial charge in [-0.3, -0.25) is 4.79 Å². The minimum atomic E-state index is -0.147. The molecular weight excluding hydrogens is 344 g/mol. The fourth-order valence-electron chi connectivity index (χ4n) is 4.20. The summed E-state index contributed by atoms with van der Waals surface area (Å²) in [5.41, 5.74) is 4.18. The third-order valence-electron chi connectivity index (χ3n) is 5.31. The predicted octanol–water partition coefficient (Wildman–Crippen LogP) is 4.22. The van der Waals surface area contributed by atoms with E-state index in [4.69, 9.17) is 10.1 Å². The Hall–Kier alpha value is -2.60. The van der Waals surface area contributed by atoms with Crippen molar-refractivity contribution in [3.8, 4) is 5.82 Å². The largest absolute Gasteiger partial charge is 0.299 e. The molecule has 0 N–H and O–H groups in total. The number of nitrogens with zero attached hydrogens (tertiary/aromatic N) is 4. The number of Topliss-reactive ketones (excluding diaryl/α,β-unsaturated/α-hetero) is 1. The van der Waals surface area contributed by atoms with Gasteiger partial charge in [0.05, 0.1) is 11.6 Å². The lowest BCUT2D eigenvalue weighted by Crippen LogP contribution is -2.36. The van der Waals surface area contributed by atoms with E-state index in [-0.39, 0.29) is 11.8 Å². The molecular formula is C20H18N4OS. The molecule has 26 heavy (non-hydrogen) atoms. The van der Waals surface area contributed by atoms with Crippen molar-refractivity contribution < 1.29 is 4.79 Å². The Kier molecular flexibility index (Phi) is 3.60. The van der Waals surface area contributed by atoms with Crippen LogP contribution in [-0.4, -0.2) is 26.3 Å². The van der Waals surface area contributed by atoms with Crippen LogP contribution in [-0.2, 0) is 4.79 Å². The highest BCUT2D eigenvalue weighted by Crippen LogP contribution is 2.47. The fourth-order valence-corrected chi connectivity index (χ4v) is 4.89. The number of fused-ring (bicyclic) bond motifs is 2. The SMILES string of the molecule is Cc1nn(-c2ccccn2)c2c1C(c1ccsc1)C1C(=O)CCCC1=N2. The summed E-state index contributed by atoms with van der Waals surface area (Å²) in [6.45, 7) is 2.01. The van der Waals surface area contributed by atoms with Gasteiger partial charge in [-0.2, -0.15) is 21.1 Å². The molecule has 1 aliphatic carbocycles. The molecule has 5 rings (SSSR count). The highest BCUT2D eigenvalue weighted by atomic mass is 32.1. The van der Waals surface area contributed by atoms with Crippen molar-refractivity contribution >= 4 is 28.6 Å². The molecule has 1 aliphatic heterocycles. The van der Waals surface area contributed by atoms with E-state index < -0.39 is 0 Å². The molecule has 6 heteroatoms. The molecule has 0 aromatic carbocycles. The third-order valence-corrected chi connectivity index (χ3v) is 6.01. The van der Waals surface area contributed by atoms with E-state index in [0.717, 1.165) is 41.4 Å². The van der Waals surface area contributed by atoms with Crippen LogP contribution >= 0.6 is 11.3 Å². The molecule has 130 valence electrons. The maximum Gasteiger partial charge on any atom is 0.161 e. The van der Waals surface area contributed by atoms with Gasteiger partial charge >= 0.3 is 0 Å². The third kappa shape index (κ3) is 2.29. The second kappa shape index (κ2) is 5.99. The summed E-state index contributed by atoms with van der Waals surface area (Å²) in [4.78, 5) is 22.2. The molecule has 3 aromatic rings. The Balaban J connectivity index is 1.77. The van der Waals surface area contributed by atoms with Gasteiger partial charge in [-0.15, -0.1) is 0 Å². The zero-order chi connectivity index (χ0) is 17.7. The number of ketones is 1. The molecule has 1 fully saturated rings. The second-order valence-corrected chi connectivity index (χ2v) is 7.64. The van der Waals surface area contributed by atoms with Crippen molar-refractivity contribution in [2.75, 3.05) is 0 Å². The van der Waals surface area contributed by atoms with Crippen molar-refractivity contribution in [3.05, 3.63) is 58.0 Å². The molecule has 2 atom stereocenters. The summed E-state index contributed by atoms with van der Waals surface area (Å²) in [5.74, 6) is 1.76. The van der Waals surface area contributed by atoms with Crippen LogP contribution in [0.5, 0.6) is 0 Å². The van der Waals surface area contributed by atoms with Crippen LogP contribution in [0.1, 0.15) is 42.0 Å². The number of hydrogen-bond donors (Lipinski definition) is 0. The number of carbonyl (C=O) groups is 1. The zero-order valence-electron chi connectivity index (χ0n) is 14.4. The maximum atomic E-state index is 12.8. The number of aryl methyl sites for hydroxylation is 1. The number of thiophene rings is 1. The molecule has 0 bridgehead atoms.